The molecule has 0 radical (unpaired) electrons. The van der Waals surface area contributed by atoms with E-state index in [1.54, 1.807) is 13.8 Å². The number of carboxylic acid groups (broad SMARTS) is 2. The summed E-state index contributed by atoms with van der Waals surface area (Å²) in [6, 6.07) is 0. The summed E-state index contributed by atoms with van der Waals surface area (Å²) in [5.41, 5.74) is -1.39. The minimum absolute atomic E-state index is 0. The van der Waals surface area contributed by atoms with E-state index in [9.17, 15) is 39.0 Å². The number of imide groups is 2. The van der Waals surface area contributed by atoms with Crippen LogP contribution in [0.3, 0.4) is 0 Å². The monoisotopic (exact) mass is 1010 g/mol. The van der Waals surface area contributed by atoms with Crippen molar-refractivity contribution in [3.63, 3.8) is 0 Å². The third-order valence-electron chi connectivity index (χ3n) is 15.2. The average molecular weight is 1010 g/mol. The fourth-order valence-corrected chi connectivity index (χ4v) is 10.8. The van der Waals surface area contributed by atoms with Crippen LogP contribution in [0.25, 0.3) is 0 Å². The number of carbonyl (C=O) groups excluding carboxylic acids is 6. The van der Waals surface area contributed by atoms with Gasteiger partial charge in [-0.3, -0.25) is 29.0 Å². The smallest absolute Gasteiger partial charge is 0.547 e. The van der Waals surface area contributed by atoms with Gasteiger partial charge in [0.2, 0.25) is 23.6 Å². The second-order valence-corrected chi connectivity index (χ2v) is 21.3. The number of amides is 4. The van der Waals surface area contributed by atoms with Gasteiger partial charge in [-0.2, -0.15) is 25.3 Å². The van der Waals surface area contributed by atoms with Crippen molar-refractivity contribution in [3.8, 4) is 0 Å². The number of unbranched alkanes of at least 4 members (excludes halogenated alkanes) is 20. The minimum atomic E-state index is -1.83. The molecule has 2 saturated heterocycles. The van der Waals surface area contributed by atoms with Gasteiger partial charge in [0.05, 0.1) is 11.9 Å². The molecule has 0 bridgehead atoms. The summed E-state index contributed by atoms with van der Waals surface area (Å²) in [7, 11) is 0. The first kappa shape index (κ1) is 69.5. The molecule has 0 aliphatic carbocycles. The molecule has 68 heavy (non-hydrogen) atoms. The normalized spacial score (nSPS) is 16.8. The fraction of sp³-hybridized carbons (Fsp3) is 0.815. The SMILES string of the molecule is CCCCCCCCCCCCCC(C)(C)C(C)=C(C)[C@](CS)(C(=O)[O-])N1C(=O)CCC1=O.CCCCCCCCCCCCCC(C)(C)C(C)=C(C)[C@](CS)(C(=O)[O-])N1C(=O)CCC1=O.[Na+].[Na+]. The Morgan fingerprint density at radius 3 is 0.824 bits per heavy atom. The molecule has 2 heterocycles. The molecule has 2 atom stereocenters. The van der Waals surface area contributed by atoms with Crippen LogP contribution in [0.5, 0.6) is 0 Å². The molecular formula is C54H92N2Na2O8S2. The Balaban J connectivity index is 0. The van der Waals surface area contributed by atoms with Crippen molar-refractivity contribution in [3.05, 3.63) is 22.3 Å². The Hall–Kier alpha value is -0.600. The van der Waals surface area contributed by atoms with Gasteiger partial charge in [0.15, 0.2) is 0 Å². The van der Waals surface area contributed by atoms with E-state index < -0.39 is 46.6 Å². The largest absolute Gasteiger partial charge is 1.00 e. The first-order valence-electron chi connectivity index (χ1n) is 25.8. The van der Waals surface area contributed by atoms with Crippen LogP contribution >= 0.6 is 25.3 Å². The van der Waals surface area contributed by atoms with Crippen molar-refractivity contribution in [1.29, 1.82) is 0 Å². The maximum atomic E-state index is 12.4. The van der Waals surface area contributed by atoms with Crippen molar-refractivity contribution in [1.82, 2.24) is 9.80 Å². The van der Waals surface area contributed by atoms with Crippen LogP contribution in [0.15, 0.2) is 22.3 Å². The summed E-state index contributed by atoms with van der Waals surface area (Å²) in [4.78, 5) is 76.1. The maximum Gasteiger partial charge on any atom is 1.00 e. The minimum Gasteiger partial charge on any atom is -0.547 e. The van der Waals surface area contributed by atoms with Crippen molar-refractivity contribution in [2.75, 3.05) is 11.5 Å². The van der Waals surface area contributed by atoms with E-state index in [2.05, 4.69) is 66.8 Å². The first-order valence-corrected chi connectivity index (χ1v) is 27.1. The van der Waals surface area contributed by atoms with E-state index in [1.165, 1.54) is 116 Å². The van der Waals surface area contributed by atoms with Gasteiger partial charge in [0, 0.05) is 37.2 Å². The molecule has 2 aliphatic rings. The molecule has 380 valence electrons. The van der Waals surface area contributed by atoms with Crippen LogP contribution in [0, 0.1) is 10.8 Å². The zero-order valence-electron chi connectivity index (χ0n) is 45.3. The first-order chi connectivity index (χ1) is 31.1. The topological polar surface area (TPSA) is 155 Å². The Bertz CT molecular complexity index is 1500. The van der Waals surface area contributed by atoms with E-state index >= 15 is 0 Å². The fourth-order valence-electron chi connectivity index (χ4n) is 9.81. The van der Waals surface area contributed by atoms with Crippen LogP contribution < -0.4 is 69.3 Å². The molecule has 0 unspecified atom stereocenters. The van der Waals surface area contributed by atoms with E-state index in [-0.39, 0.29) is 107 Å². The van der Waals surface area contributed by atoms with E-state index in [0.717, 1.165) is 59.5 Å². The Kier molecular flexibility index (Phi) is 36.3. The van der Waals surface area contributed by atoms with E-state index in [4.69, 9.17) is 0 Å². The van der Waals surface area contributed by atoms with Crippen LogP contribution in [0.1, 0.15) is 249 Å². The number of nitrogens with zero attached hydrogens (tertiary/aromatic N) is 2. The Morgan fingerprint density at radius 2 is 0.632 bits per heavy atom. The summed E-state index contributed by atoms with van der Waals surface area (Å²) in [5.74, 6) is -5.12. The molecule has 0 aromatic rings. The predicted molar refractivity (Wildman–Crippen MR) is 272 cm³/mol. The quantitative estimate of drug-likeness (QED) is 0.0292. The number of carbonyl (C=O) groups is 6. The third-order valence-corrected chi connectivity index (χ3v) is 16.1. The zero-order chi connectivity index (χ0) is 50.1. The second-order valence-electron chi connectivity index (χ2n) is 20.7. The standard InChI is InChI=1S/2C27H47NO4S.2Na/c2*1-6-7-8-9-10-11-12-13-14-15-16-19-26(4,5)21(2)22(3)27(20-33,25(31)32)28-23(29)17-18-24(28)30;;/h2*33H,6-20H2,1-5H3,(H,31,32);;/q;;2*+1/p-2/t2*27-;;/m11../s1. The van der Waals surface area contributed by atoms with Crippen LogP contribution in [0.2, 0.25) is 0 Å². The molecule has 0 aromatic carbocycles. The van der Waals surface area contributed by atoms with E-state index in [1.807, 2.05) is 13.8 Å². The Labute approximate surface area is 469 Å². The number of aliphatic carboxylic acids is 2. The number of thiol groups is 2. The van der Waals surface area contributed by atoms with Gasteiger partial charge in [-0.25, -0.2) is 0 Å². The molecule has 0 aromatic heterocycles. The van der Waals surface area contributed by atoms with Gasteiger partial charge in [-0.1, -0.05) is 194 Å². The van der Waals surface area contributed by atoms with Gasteiger partial charge in [-0.05, 0) is 62.5 Å². The maximum absolute atomic E-state index is 12.4. The number of hydrogen-bond donors (Lipinski definition) is 2. The van der Waals surface area contributed by atoms with Crippen LogP contribution in [0.4, 0.5) is 0 Å². The van der Waals surface area contributed by atoms with E-state index in [0.29, 0.717) is 11.1 Å². The van der Waals surface area contributed by atoms with Crippen molar-refractivity contribution < 1.29 is 98.1 Å². The number of likely N-dealkylation sites (tertiary alicyclic amines) is 2. The summed E-state index contributed by atoms with van der Waals surface area (Å²) >= 11 is 8.55. The second kappa shape index (κ2) is 35.5. The van der Waals surface area contributed by atoms with Crippen molar-refractivity contribution >= 4 is 60.8 Å². The van der Waals surface area contributed by atoms with Crippen molar-refractivity contribution in [2.24, 2.45) is 10.8 Å². The molecule has 0 saturated carbocycles. The Morgan fingerprint density at radius 1 is 0.426 bits per heavy atom. The van der Waals surface area contributed by atoms with Gasteiger partial charge >= 0.3 is 59.1 Å². The number of carboxylic acids is 2. The van der Waals surface area contributed by atoms with Gasteiger partial charge in [0.1, 0.15) is 11.1 Å². The summed E-state index contributed by atoms with van der Waals surface area (Å²) in [5, 5.41) is 24.6. The van der Waals surface area contributed by atoms with Crippen LogP contribution in [-0.4, -0.2) is 68.0 Å². The summed E-state index contributed by atoms with van der Waals surface area (Å²) in [6.07, 6.45) is 30.2. The number of rotatable bonds is 34. The molecule has 2 aliphatic heterocycles. The van der Waals surface area contributed by atoms with Gasteiger partial charge in [0.25, 0.3) is 0 Å². The van der Waals surface area contributed by atoms with Crippen LogP contribution in [-0.2, 0) is 28.8 Å². The molecule has 2 rings (SSSR count). The summed E-state index contributed by atoms with van der Waals surface area (Å²) < 4.78 is 0. The predicted octanol–water partition coefficient (Wildman–Crippen LogP) is 5.24. The van der Waals surface area contributed by atoms with Gasteiger partial charge in [-0.15, -0.1) is 0 Å². The zero-order valence-corrected chi connectivity index (χ0v) is 51.1. The molecule has 2 fully saturated rings. The molecule has 4 amide bonds. The molecule has 14 heteroatoms. The molecule has 10 nitrogen and oxygen atoms in total. The van der Waals surface area contributed by atoms with Gasteiger partial charge < -0.3 is 19.8 Å². The average Bonchev–Trinajstić information content (AvgIpc) is 3.80. The number of allylic oxidation sites excluding steroid dienone is 2. The molecule has 0 N–H and O–H groups in total. The van der Waals surface area contributed by atoms with Crippen molar-refractivity contribution in [2.45, 2.75) is 260 Å². The molecular weight excluding hydrogens is 915 g/mol. The molecule has 0 spiro atoms. The third kappa shape index (κ3) is 20.4. The number of hydrogen-bond acceptors (Lipinski definition) is 10. The summed E-state index contributed by atoms with van der Waals surface area (Å²) in [6.45, 7) is 20.2.